The maximum absolute atomic E-state index is 12.2. The van der Waals surface area contributed by atoms with Crippen LogP contribution in [-0.2, 0) is 11.2 Å². The first-order valence-electron chi connectivity index (χ1n) is 13.4. The van der Waals surface area contributed by atoms with E-state index in [1.165, 1.54) is 28.0 Å². The van der Waals surface area contributed by atoms with E-state index in [1.807, 2.05) is 0 Å². The van der Waals surface area contributed by atoms with Crippen molar-refractivity contribution >= 4 is 29.1 Å². The van der Waals surface area contributed by atoms with E-state index in [1.54, 1.807) is 6.07 Å². The molecule has 0 unspecified atom stereocenters. The molecule has 3 N–H and O–H groups in total. The summed E-state index contributed by atoms with van der Waals surface area (Å²) in [4.78, 5) is 12.2. The molecule has 0 spiro atoms. The van der Waals surface area contributed by atoms with Crippen molar-refractivity contribution in [1.82, 2.24) is 5.32 Å². The third-order valence-corrected chi connectivity index (χ3v) is 11.5. The van der Waals surface area contributed by atoms with Gasteiger partial charge in [-0.15, -0.1) is 0 Å². The minimum Gasteiger partial charge on any atom is -0.504 e. The van der Waals surface area contributed by atoms with Crippen molar-refractivity contribution in [2.24, 2.45) is 0 Å². The Morgan fingerprint density at radius 2 is 1.16 bits per heavy atom. The highest BCUT2D eigenvalue weighted by atomic mass is 31.2. The number of phenols is 2. The fourth-order valence-corrected chi connectivity index (χ4v) is 9.42. The number of amides is 1. The summed E-state index contributed by atoms with van der Waals surface area (Å²) >= 11 is 0. The number of phenolic OH excluding ortho intramolecular Hbond substituents is 2. The molecule has 0 aromatic heterocycles. The zero-order valence-corrected chi connectivity index (χ0v) is 22.7. The van der Waals surface area contributed by atoms with Crippen molar-refractivity contribution in [3.63, 3.8) is 0 Å². The highest BCUT2D eigenvalue weighted by Crippen LogP contribution is 2.55. The van der Waals surface area contributed by atoms with Gasteiger partial charge in [0.15, 0.2) is 11.5 Å². The lowest BCUT2D eigenvalue weighted by Crippen LogP contribution is -2.33. The molecule has 38 heavy (non-hydrogen) atoms. The van der Waals surface area contributed by atoms with Gasteiger partial charge in [-0.05, 0) is 79.8 Å². The Morgan fingerprint density at radius 1 is 0.632 bits per heavy atom. The van der Waals surface area contributed by atoms with Crippen LogP contribution in [0.25, 0.3) is 0 Å². The summed E-state index contributed by atoms with van der Waals surface area (Å²) in [5.41, 5.74) is 0.831. The second-order valence-corrected chi connectivity index (χ2v) is 13.2. The molecule has 1 amide bonds. The van der Waals surface area contributed by atoms with E-state index in [9.17, 15) is 15.0 Å². The number of unbranched alkanes of at least 4 members (excludes halogenated alkanes) is 3. The molecule has 0 heterocycles. The summed E-state index contributed by atoms with van der Waals surface area (Å²) in [5, 5.41) is 26.3. The highest BCUT2D eigenvalue weighted by molar-refractivity contribution is 7.95. The Morgan fingerprint density at radius 3 is 1.68 bits per heavy atom. The van der Waals surface area contributed by atoms with Gasteiger partial charge in [-0.1, -0.05) is 67.1 Å². The standard InChI is InChI=1S/C33H36NO3P/c35-31-22-20-27(26-32(31)36)21-23-33(37)34-24-12-1-2-13-25-38(28-14-6-3-7-15-28,29-16-8-4-9-17-29)30-18-10-5-11-19-30/h3-11,14-20,22,26H,1-2,12-13,21,23-25H2,(H2-,34,35,36,37)/p+1. The number of hydrogen-bond donors (Lipinski definition) is 3. The summed E-state index contributed by atoms with van der Waals surface area (Å²) in [7, 11) is -1.77. The van der Waals surface area contributed by atoms with Crippen LogP contribution in [0.4, 0.5) is 0 Å². The van der Waals surface area contributed by atoms with Crippen LogP contribution in [0.1, 0.15) is 37.7 Å². The monoisotopic (exact) mass is 526 g/mol. The van der Waals surface area contributed by atoms with Crippen LogP contribution in [0.5, 0.6) is 11.5 Å². The second-order valence-electron chi connectivity index (χ2n) is 9.63. The summed E-state index contributed by atoms with van der Waals surface area (Å²) in [5.74, 6) is -0.283. The van der Waals surface area contributed by atoms with Crippen molar-refractivity contribution in [2.75, 3.05) is 12.7 Å². The summed E-state index contributed by atoms with van der Waals surface area (Å²) < 4.78 is 0. The minimum atomic E-state index is -1.77. The number of rotatable bonds is 13. The largest absolute Gasteiger partial charge is 0.504 e. The van der Waals surface area contributed by atoms with Gasteiger partial charge in [0.05, 0.1) is 6.16 Å². The van der Waals surface area contributed by atoms with E-state index in [0.717, 1.165) is 37.4 Å². The molecule has 0 aliphatic rings. The lowest BCUT2D eigenvalue weighted by molar-refractivity contribution is -0.121. The zero-order chi connectivity index (χ0) is 26.6. The lowest BCUT2D eigenvalue weighted by Gasteiger charge is -2.27. The first kappa shape index (κ1) is 27.4. The van der Waals surface area contributed by atoms with Gasteiger partial charge in [0.2, 0.25) is 5.91 Å². The highest BCUT2D eigenvalue weighted by Gasteiger charge is 2.44. The van der Waals surface area contributed by atoms with Gasteiger partial charge in [-0.3, -0.25) is 4.79 Å². The SMILES string of the molecule is O=C(CCc1ccc(O)c(O)c1)NCCCCCC[P+](c1ccccc1)(c1ccccc1)c1ccccc1. The lowest BCUT2D eigenvalue weighted by atomic mass is 10.1. The molecule has 4 aromatic carbocycles. The molecular weight excluding hydrogens is 489 g/mol. The van der Waals surface area contributed by atoms with E-state index in [0.29, 0.717) is 19.4 Å². The van der Waals surface area contributed by atoms with Crippen LogP contribution in [0.15, 0.2) is 109 Å². The predicted molar refractivity (Wildman–Crippen MR) is 160 cm³/mol. The number of aryl methyl sites for hydroxylation is 1. The van der Waals surface area contributed by atoms with Crippen LogP contribution in [0, 0.1) is 0 Å². The first-order chi connectivity index (χ1) is 18.6. The molecule has 5 heteroatoms. The fourth-order valence-electron chi connectivity index (χ4n) is 5.01. The molecular formula is C33H37NO3P+. The molecule has 4 rings (SSSR count). The second kappa shape index (κ2) is 13.8. The van der Waals surface area contributed by atoms with Gasteiger partial charge >= 0.3 is 0 Å². The van der Waals surface area contributed by atoms with E-state index in [4.69, 9.17) is 0 Å². The normalized spacial score (nSPS) is 11.3. The molecule has 4 nitrogen and oxygen atoms in total. The van der Waals surface area contributed by atoms with Crippen molar-refractivity contribution in [1.29, 1.82) is 0 Å². The smallest absolute Gasteiger partial charge is 0.220 e. The average Bonchev–Trinajstić information content (AvgIpc) is 2.97. The number of carbonyl (C=O) groups excluding carboxylic acids is 1. The Labute approximate surface area is 226 Å². The molecule has 0 aliphatic carbocycles. The van der Waals surface area contributed by atoms with E-state index >= 15 is 0 Å². The summed E-state index contributed by atoms with van der Waals surface area (Å²) in [6.45, 7) is 0.677. The molecule has 0 atom stereocenters. The Bertz CT molecular complexity index is 1180. The van der Waals surface area contributed by atoms with Crippen molar-refractivity contribution in [2.45, 2.75) is 38.5 Å². The van der Waals surface area contributed by atoms with Gasteiger partial charge in [0.25, 0.3) is 0 Å². The minimum absolute atomic E-state index is 0.0136. The molecule has 0 bridgehead atoms. The molecule has 0 aliphatic heterocycles. The number of carbonyl (C=O) groups is 1. The third kappa shape index (κ3) is 7.02. The summed E-state index contributed by atoms with van der Waals surface area (Å²) in [6.07, 6.45) is 6.30. The molecule has 0 saturated heterocycles. The van der Waals surface area contributed by atoms with Crippen molar-refractivity contribution in [3.8, 4) is 11.5 Å². The van der Waals surface area contributed by atoms with Crippen LogP contribution >= 0.6 is 7.26 Å². The Hall–Kier alpha value is -3.62. The van der Waals surface area contributed by atoms with Crippen LogP contribution in [0.3, 0.4) is 0 Å². The Balaban J connectivity index is 1.30. The maximum Gasteiger partial charge on any atom is 0.220 e. The fraction of sp³-hybridized carbons (Fsp3) is 0.242. The molecule has 4 aromatic rings. The molecule has 0 fully saturated rings. The van der Waals surface area contributed by atoms with Crippen LogP contribution < -0.4 is 21.2 Å². The zero-order valence-electron chi connectivity index (χ0n) is 21.8. The van der Waals surface area contributed by atoms with Gasteiger partial charge in [-0.25, -0.2) is 0 Å². The summed E-state index contributed by atoms with van der Waals surface area (Å²) in [6, 6.07) is 37.7. The van der Waals surface area contributed by atoms with Crippen LogP contribution in [-0.4, -0.2) is 28.8 Å². The van der Waals surface area contributed by atoms with Crippen molar-refractivity contribution < 1.29 is 15.0 Å². The quantitative estimate of drug-likeness (QED) is 0.119. The van der Waals surface area contributed by atoms with E-state index in [2.05, 4.69) is 96.3 Å². The van der Waals surface area contributed by atoms with E-state index < -0.39 is 7.26 Å². The molecule has 0 saturated carbocycles. The van der Waals surface area contributed by atoms with Gasteiger partial charge in [-0.2, -0.15) is 0 Å². The van der Waals surface area contributed by atoms with Crippen molar-refractivity contribution in [3.05, 3.63) is 115 Å². The molecule has 196 valence electrons. The number of hydrogen-bond acceptors (Lipinski definition) is 3. The van der Waals surface area contributed by atoms with Gasteiger partial charge in [0, 0.05) is 13.0 Å². The molecule has 0 radical (unpaired) electrons. The Kier molecular flexibility index (Phi) is 9.95. The average molecular weight is 527 g/mol. The number of benzene rings is 4. The van der Waals surface area contributed by atoms with Gasteiger partial charge in [0.1, 0.15) is 23.2 Å². The number of aromatic hydroxyl groups is 2. The predicted octanol–water partition coefficient (Wildman–Crippen LogP) is 5.70. The van der Waals surface area contributed by atoms with Crippen LogP contribution in [0.2, 0.25) is 0 Å². The first-order valence-corrected chi connectivity index (χ1v) is 15.4. The topological polar surface area (TPSA) is 69.6 Å². The maximum atomic E-state index is 12.2. The van der Waals surface area contributed by atoms with Gasteiger partial charge < -0.3 is 15.5 Å². The third-order valence-electron chi connectivity index (χ3n) is 7.01. The van der Waals surface area contributed by atoms with E-state index in [-0.39, 0.29) is 17.4 Å². The number of nitrogens with one attached hydrogen (secondary N) is 1.